The molecular formula is C22H22N10O. The maximum atomic E-state index is 13.8. The second kappa shape index (κ2) is 7.90. The third-order valence-electron chi connectivity index (χ3n) is 5.80. The number of hydrogen-bond acceptors (Lipinski definition) is 9. The van der Waals surface area contributed by atoms with Crippen molar-refractivity contribution in [2.75, 3.05) is 16.8 Å². The van der Waals surface area contributed by atoms with E-state index in [4.69, 9.17) is 16.5 Å². The first-order valence-corrected chi connectivity index (χ1v) is 10.7. The first-order chi connectivity index (χ1) is 16.0. The molecule has 1 atom stereocenters. The number of aromatic nitrogens is 6. The first-order valence-electron chi connectivity index (χ1n) is 10.7. The van der Waals surface area contributed by atoms with Crippen molar-refractivity contribution in [3.63, 3.8) is 0 Å². The third-order valence-corrected chi connectivity index (χ3v) is 5.80. The predicted octanol–water partition coefficient (Wildman–Crippen LogP) is 2.38. The molecule has 1 aromatic carbocycles. The lowest BCUT2D eigenvalue weighted by Crippen LogP contribution is -2.29. The van der Waals surface area contributed by atoms with Crippen molar-refractivity contribution in [1.29, 1.82) is 5.26 Å². The molecule has 1 aliphatic rings. The second-order valence-electron chi connectivity index (χ2n) is 7.98. The van der Waals surface area contributed by atoms with Gasteiger partial charge in [-0.15, -0.1) is 0 Å². The Balaban J connectivity index is 1.73. The Morgan fingerprint density at radius 3 is 2.76 bits per heavy atom. The number of nitrogens with one attached hydrogen (secondary N) is 2. The summed E-state index contributed by atoms with van der Waals surface area (Å²) in [6.45, 7) is 1.94. The zero-order valence-electron chi connectivity index (χ0n) is 17.9. The van der Waals surface area contributed by atoms with Gasteiger partial charge >= 0.3 is 0 Å². The van der Waals surface area contributed by atoms with Gasteiger partial charge in [0.2, 0.25) is 5.95 Å². The van der Waals surface area contributed by atoms with E-state index >= 15 is 0 Å². The molecule has 5 rings (SSSR count). The maximum absolute atomic E-state index is 13.8. The predicted molar refractivity (Wildman–Crippen MR) is 124 cm³/mol. The smallest absolute Gasteiger partial charge is 0.267 e. The molecule has 0 saturated heterocycles. The van der Waals surface area contributed by atoms with Crippen LogP contribution >= 0.6 is 0 Å². The van der Waals surface area contributed by atoms with Crippen molar-refractivity contribution in [3.8, 4) is 11.9 Å². The lowest BCUT2D eigenvalue weighted by Gasteiger charge is -2.22. The minimum absolute atomic E-state index is 0.0196. The van der Waals surface area contributed by atoms with E-state index in [0.717, 1.165) is 18.4 Å². The summed E-state index contributed by atoms with van der Waals surface area (Å²) in [5, 5.41) is 20.3. The minimum Gasteiger partial charge on any atom is -0.382 e. The molecule has 6 N–H and O–H groups in total. The van der Waals surface area contributed by atoms with E-state index in [9.17, 15) is 10.1 Å². The number of anilines is 3. The van der Waals surface area contributed by atoms with Gasteiger partial charge in [-0.25, -0.2) is 9.55 Å². The Bertz CT molecular complexity index is 1450. The molecule has 0 spiro atoms. The fourth-order valence-electron chi connectivity index (χ4n) is 4.07. The highest BCUT2D eigenvalue weighted by molar-refractivity contribution is 5.83. The fraction of sp³-hybridized carbons (Fsp3) is 0.273. The lowest BCUT2D eigenvalue weighted by atomic mass is 10.0. The van der Waals surface area contributed by atoms with Crippen LogP contribution in [0.1, 0.15) is 55.1 Å². The summed E-state index contributed by atoms with van der Waals surface area (Å²) in [5.74, 6) is 1.44. The van der Waals surface area contributed by atoms with Crippen LogP contribution in [0.25, 0.3) is 16.7 Å². The lowest BCUT2D eigenvalue weighted by molar-refractivity contribution is 0.652. The van der Waals surface area contributed by atoms with Crippen LogP contribution in [0.15, 0.2) is 35.3 Å². The van der Waals surface area contributed by atoms with Crippen LogP contribution in [0.3, 0.4) is 0 Å². The number of hydrogen-bond donors (Lipinski definition) is 4. The molecule has 3 aromatic heterocycles. The summed E-state index contributed by atoms with van der Waals surface area (Å²) in [7, 11) is 0. The Labute approximate surface area is 188 Å². The van der Waals surface area contributed by atoms with Crippen LogP contribution in [0.5, 0.6) is 0 Å². The molecule has 0 amide bonds. The van der Waals surface area contributed by atoms with Crippen LogP contribution in [0.2, 0.25) is 0 Å². The molecule has 0 aliphatic heterocycles. The van der Waals surface area contributed by atoms with Gasteiger partial charge in [0.25, 0.3) is 5.56 Å². The van der Waals surface area contributed by atoms with Crippen LogP contribution < -0.4 is 22.3 Å². The number of fused-ring (bicyclic) bond motifs is 1. The topological polar surface area (TPSA) is 177 Å². The van der Waals surface area contributed by atoms with Gasteiger partial charge in [-0.3, -0.25) is 9.89 Å². The van der Waals surface area contributed by atoms with Crippen LogP contribution in [-0.2, 0) is 0 Å². The fourth-order valence-corrected chi connectivity index (χ4v) is 4.07. The average molecular weight is 442 g/mol. The van der Waals surface area contributed by atoms with Gasteiger partial charge in [0, 0.05) is 6.07 Å². The molecule has 166 valence electrons. The molecule has 3 heterocycles. The van der Waals surface area contributed by atoms with Crippen molar-refractivity contribution in [3.05, 3.63) is 57.8 Å². The van der Waals surface area contributed by atoms with Gasteiger partial charge < -0.3 is 16.8 Å². The normalized spacial score (nSPS) is 14.2. The number of nitriles is 1. The van der Waals surface area contributed by atoms with Crippen LogP contribution in [0, 0.1) is 11.3 Å². The Hall–Kier alpha value is -4.46. The molecule has 33 heavy (non-hydrogen) atoms. The summed E-state index contributed by atoms with van der Waals surface area (Å²) >= 11 is 0. The number of aromatic amines is 1. The average Bonchev–Trinajstić information content (AvgIpc) is 3.51. The Kier molecular flexibility index (Phi) is 4.90. The van der Waals surface area contributed by atoms with Gasteiger partial charge in [0.15, 0.2) is 5.82 Å². The molecule has 11 heteroatoms. The van der Waals surface area contributed by atoms with E-state index in [1.165, 1.54) is 4.57 Å². The number of benzene rings is 1. The van der Waals surface area contributed by atoms with E-state index < -0.39 is 6.04 Å². The van der Waals surface area contributed by atoms with Crippen molar-refractivity contribution >= 4 is 28.5 Å². The van der Waals surface area contributed by atoms with Gasteiger partial charge in [-0.2, -0.15) is 20.3 Å². The summed E-state index contributed by atoms with van der Waals surface area (Å²) in [5.41, 5.74) is 13.2. The molecule has 1 aliphatic carbocycles. The molecule has 0 bridgehead atoms. The van der Waals surface area contributed by atoms with Gasteiger partial charge in [-0.05, 0) is 36.8 Å². The first kappa shape index (κ1) is 20.4. The molecule has 1 fully saturated rings. The summed E-state index contributed by atoms with van der Waals surface area (Å²) in [6, 6.07) is 9.01. The van der Waals surface area contributed by atoms with E-state index in [-0.39, 0.29) is 28.7 Å². The highest BCUT2D eigenvalue weighted by Crippen LogP contribution is 2.42. The van der Waals surface area contributed by atoms with Gasteiger partial charge in [-0.1, -0.05) is 19.1 Å². The molecule has 4 aromatic rings. The number of rotatable bonds is 6. The summed E-state index contributed by atoms with van der Waals surface area (Å²) in [6.07, 6.45) is 4.24. The van der Waals surface area contributed by atoms with Crippen molar-refractivity contribution in [1.82, 2.24) is 29.7 Å². The second-order valence-corrected chi connectivity index (χ2v) is 7.98. The van der Waals surface area contributed by atoms with Crippen molar-refractivity contribution < 1.29 is 0 Å². The number of H-pyrrole nitrogens is 1. The molecule has 11 nitrogen and oxygen atoms in total. The van der Waals surface area contributed by atoms with Gasteiger partial charge in [0.1, 0.15) is 29.1 Å². The zero-order valence-corrected chi connectivity index (χ0v) is 17.9. The highest BCUT2D eigenvalue weighted by Gasteiger charge is 2.29. The Morgan fingerprint density at radius 1 is 1.27 bits per heavy atom. The number of nitrogens with zero attached hydrogens (tertiary/aromatic N) is 6. The zero-order chi connectivity index (χ0) is 23.1. The number of nitrogen functional groups attached to an aromatic ring is 2. The third kappa shape index (κ3) is 3.51. The van der Waals surface area contributed by atoms with E-state index in [0.29, 0.717) is 34.9 Å². The van der Waals surface area contributed by atoms with Crippen molar-refractivity contribution in [2.45, 2.75) is 38.1 Å². The van der Waals surface area contributed by atoms with Crippen LogP contribution in [-0.4, -0.2) is 29.7 Å². The summed E-state index contributed by atoms with van der Waals surface area (Å²) in [4.78, 5) is 26.7. The summed E-state index contributed by atoms with van der Waals surface area (Å²) < 4.78 is 1.53. The Morgan fingerprint density at radius 2 is 2.09 bits per heavy atom. The SMILES string of the molecule is CC[C@H](Nc1nc(N)nc(N)c1C#N)c1nc2cccc(C3CC3)c2c(=O)n1-c1ccn[nH]1. The van der Waals surface area contributed by atoms with E-state index in [1.807, 2.05) is 31.2 Å². The molecule has 0 radical (unpaired) electrons. The molecule has 0 unspecified atom stereocenters. The molecule has 1 saturated carbocycles. The maximum Gasteiger partial charge on any atom is 0.267 e. The standard InChI is InChI=1S/C22H22N10O/c1-2-14(27-19-13(10-23)18(24)29-22(25)30-19)20-28-15-5-3-4-12(11-6-7-11)17(15)21(33)32(20)16-8-9-26-31-16/h3-5,8-9,11,14H,2,6-7H2,1H3,(H,26,31)(H5,24,25,27,29,30)/t14-/m0/s1. The minimum atomic E-state index is -0.490. The highest BCUT2D eigenvalue weighted by atomic mass is 16.1. The van der Waals surface area contributed by atoms with E-state index in [1.54, 1.807) is 12.3 Å². The van der Waals surface area contributed by atoms with Crippen LogP contribution in [0.4, 0.5) is 17.6 Å². The monoisotopic (exact) mass is 442 g/mol. The quantitative estimate of drug-likeness (QED) is 0.349. The largest absolute Gasteiger partial charge is 0.382 e. The molecular weight excluding hydrogens is 420 g/mol. The van der Waals surface area contributed by atoms with E-state index in [2.05, 4.69) is 25.5 Å². The number of nitrogens with two attached hydrogens (primary N) is 2. The van der Waals surface area contributed by atoms with Crippen molar-refractivity contribution in [2.24, 2.45) is 0 Å². The van der Waals surface area contributed by atoms with Gasteiger partial charge in [0.05, 0.1) is 23.1 Å².